The lowest BCUT2D eigenvalue weighted by molar-refractivity contribution is -0.139. The SMILES string of the molecule is Cc1ccc(-c2cc(CN(CC(=O)O)C(C)C)on2)cc1. The van der Waals surface area contributed by atoms with E-state index in [1.807, 2.05) is 56.0 Å². The Kier molecular flexibility index (Phi) is 4.75. The molecule has 0 saturated carbocycles. The van der Waals surface area contributed by atoms with E-state index in [0.29, 0.717) is 12.3 Å². The molecule has 0 bridgehead atoms. The van der Waals surface area contributed by atoms with Crippen molar-refractivity contribution < 1.29 is 14.4 Å². The van der Waals surface area contributed by atoms with Crippen LogP contribution in [0.25, 0.3) is 11.3 Å². The monoisotopic (exact) mass is 288 g/mol. The molecule has 1 N–H and O–H groups in total. The van der Waals surface area contributed by atoms with Crippen molar-refractivity contribution in [2.45, 2.75) is 33.4 Å². The van der Waals surface area contributed by atoms with Gasteiger partial charge in [-0.1, -0.05) is 35.0 Å². The van der Waals surface area contributed by atoms with Gasteiger partial charge in [0.15, 0.2) is 5.76 Å². The molecule has 2 rings (SSSR count). The summed E-state index contributed by atoms with van der Waals surface area (Å²) < 4.78 is 5.33. The first-order valence-electron chi connectivity index (χ1n) is 6.94. The average molecular weight is 288 g/mol. The van der Waals surface area contributed by atoms with E-state index in [-0.39, 0.29) is 12.6 Å². The van der Waals surface area contributed by atoms with Crippen LogP contribution < -0.4 is 0 Å². The van der Waals surface area contributed by atoms with Crippen LogP contribution in [0, 0.1) is 6.92 Å². The highest BCUT2D eigenvalue weighted by molar-refractivity contribution is 5.69. The number of rotatable bonds is 6. The van der Waals surface area contributed by atoms with Gasteiger partial charge in [0.2, 0.25) is 0 Å². The summed E-state index contributed by atoms with van der Waals surface area (Å²) in [7, 11) is 0. The van der Waals surface area contributed by atoms with Gasteiger partial charge in [-0.05, 0) is 20.8 Å². The minimum atomic E-state index is -0.845. The van der Waals surface area contributed by atoms with Gasteiger partial charge in [-0.3, -0.25) is 9.69 Å². The number of hydrogen-bond donors (Lipinski definition) is 1. The summed E-state index contributed by atoms with van der Waals surface area (Å²) in [6.07, 6.45) is 0. The van der Waals surface area contributed by atoms with Gasteiger partial charge in [0, 0.05) is 17.7 Å². The molecule has 1 aromatic carbocycles. The lowest BCUT2D eigenvalue weighted by Gasteiger charge is -2.22. The molecular weight excluding hydrogens is 268 g/mol. The van der Waals surface area contributed by atoms with E-state index in [0.717, 1.165) is 11.3 Å². The highest BCUT2D eigenvalue weighted by atomic mass is 16.5. The molecule has 21 heavy (non-hydrogen) atoms. The molecule has 0 aliphatic heterocycles. The number of aliphatic carboxylic acids is 1. The van der Waals surface area contributed by atoms with Gasteiger partial charge in [0.25, 0.3) is 0 Å². The van der Waals surface area contributed by atoms with Crippen LogP contribution in [0.4, 0.5) is 0 Å². The van der Waals surface area contributed by atoms with Gasteiger partial charge < -0.3 is 9.63 Å². The van der Waals surface area contributed by atoms with Gasteiger partial charge in [0.1, 0.15) is 5.69 Å². The molecule has 0 amide bonds. The molecule has 1 aromatic heterocycles. The summed E-state index contributed by atoms with van der Waals surface area (Å²) in [6.45, 7) is 6.37. The lowest BCUT2D eigenvalue weighted by atomic mass is 10.1. The third-order valence-electron chi connectivity index (χ3n) is 3.33. The fraction of sp³-hybridized carbons (Fsp3) is 0.375. The van der Waals surface area contributed by atoms with Gasteiger partial charge in [-0.15, -0.1) is 0 Å². The molecule has 5 nitrogen and oxygen atoms in total. The number of aromatic nitrogens is 1. The number of carbonyl (C=O) groups is 1. The molecule has 112 valence electrons. The van der Waals surface area contributed by atoms with Crippen molar-refractivity contribution in [3.8, 4) is 11.3 Å². The van der Waals surface area contributed by atoms with E-state index in [1.165, 1.54) is 5.56 Å². The summed E-state index contributed by atoms with van der Waals surface area (Å²) >= 11 is 0. The zero-order valence-electron chi connectivity index (χ0n) is 12.5. The summed E-state index contributed by atoms with van der Waals surface area (Å²) in [6, 6.07) is 10.0. The van der Waals surface area contributed by atoms with Crippen LogP contribution >= 0.6 is 0 Å². The topological polar surface area (TPSA) is 66.6 Å². The average Bonchev–Trinajstić information content (AvgIpc) is 2.87. The second-order valence-electron chi connectivity index (χ2n) is 5.44. The summed E-state index contributed by atoms with van der Waals surface area (Å²) in [5.74, 6) is -0.178. The van der Waals surface area contributed by atoms with Crippen molar-refractivity contribution >= 4 is 5.97 Å². The number of nitrogens with zero attached hydrogens (tertiary/aromatic N) is 2. The second-order valence-corrected chi connectivity index (χ2v) is 5.44. The molecule has 0 fully saturated rings. The Labute approximate surface area is 124 Å². The van der Waals surface area contributed by atoms with E-state index in [2.05, 4.69) is 5.16 Å². The predicted octanol–water partition coefficient (Wildman–Crippen LogP) is 2.95. The Morgan fingerprint density at radius 1 is 1.33 bits per heavy atom. The maximum atomic E-state index is 10.9. The first-order chi connectivity index (χ1) is 9.95. The zero-order chi connectivity index (χ0) is 15.4. The molecule has 1 heterocycles. The van der Waals surface area contributed by atoms with Gasteiger partial charge >= 0.3 is 5.97 Å². The fourth-order valence-corrected chi connectivity index (χ4v) is 2.04. The highest BCUT2D eigenvalue weighted by Gasteiger charge is 2.16. The molecule has 0 spiro atoms. The number of aryl methyl sites for hydroxylation is 1. The third kappa shape index (κ3) is 4.16. The zero-order valence-corrected chi connectivity index (χ0v) is 12.5. The second kappa shape index (κ2) is 6.54. The molecule has 0 aliphatic carbocycles. The Morgan fingerprint density at radius 3 is 2.57 bits per heavy atom. The Balaban J connectivity index is 2.11. The quantitative estimate of drug-likeness (QED) is 0.885. The van der Waals surface area contributed by atoms with Gasteiger partial charge in [-0.2, -0.15) is 0 Å². The summed E-state index contributed by atoms with van der Waals surface area (Å²) in [5, 5.41) is 13.0. The van der Waals surface area contributed by atoms with Crippen molar-refractivity contribution in [1.82, 2.24) is 10.1 Å². The van der Waals surface area contributed by atoms with Crippen molar-refractivity contribution in [2.24, 2.45) is 0 Å². The van der Waals surface area contributed by atoms with Crippen LogP contribution in [0.15, 0.2) is 34.9 Å². The van der Waals surface area contributed by atoms with Crippen LogP contribution in [-0.4, -0.2) is 33.7 Å². The highest BCUT2D eigenvalue weighted by Crippen LogP contribution is 2.20. The maximum Gasteiger partial charge on any atom is 0.317 e. The Hall–Kier alpha value is -2.14. The Bertz CT molecular complexity index is 602. The van der Waals surface area contributed by atoms with Crippen molar-refractivity contribution in [3.05, 3.63) is 41.7 Å². The van der Waals surface area contributed by atoms with Crippen LogP contribution in [0.5, 0.6) is 0 Å². The first kappa shape index (κ1) is 15.3. The van der Waals surface area contributed by atoms with Gasteiger partial charge in [0.05, 0.1) is 13.1 Å². The first-order valence-corrected chi connectivity index (χ1v) is 6.94. The van der Waals surface area contributed by atoms with E-state index in [1.54, 1.807) is 0 Å². The number of carboxylic acids is 1. The molecule has 0 unspecified atom stereocenters. The number of hydrogen-bond acceptors (Lipinski definition) is 4. The normalized spacial score (nSPS) is 11.3. The van der Waals surface area contributed by atoms with Gasteiger partial charge in [-0.25, -0.2) is 0 Å². The minimum absolute atomic E-state index is 0.0156. The maximum absolute atomic E-state index is 10.9. The van der Waals surface area contributed by atoms with Crippen molar-refractivity contribution in [2.75, 3.05) is 6.54 Å². The number of benzene rings is 1. The molecular formula is C16H20N2O3. The van der Waals surface area contributed by atoms with Crippen molar-refractivity contribution in [1.29, 1.82) is 0 Å². The van der Waals surface area contributed by atoms with E-state index in [4.69, 9.17) is 9.63 Å². The molecule has 2 aromatic rings. The van der Waals surface area contributed by atoms with E-state index in [9.17, 15) is 4.79 Å². The smallest absolute Gasteiger partial charge is 0.317 e. The lowest BCUT2D eigenvalue weighted by Crippen LogP contribution is -2.34. The molecule has 0 aliphatic rings. The molecule has 0 radical (unpaired) electrons. The standard InChI is InChI=1S/C16H20N2O3/c1-11(2)18(10-16(19)20)9-14-8-15(17-21-14)13-6-4-12(3)5-7-13/h4-8,11H,9-10H2,1-3H3,(H,19,20). The van der Waals surface area contributed by atoms with E-state index < -0.39 is 5.97 Å². The predicted molar refractivity (Wildman–Crippen MR) is 79.9 cm³/mol. The van der Waals surface area contributed by atoms with Crippen molar-refractivity contribution in [3.63, 3.8) is 0 Å². The number of carboxylic acid groups (broad SMARTS) is 1. The molecule has 0 atom stereocenters. The van der Waals surface area contributed by atoms with Crippen LogP contribution in [0.1, 0.15) is 25.2 Å². The third-order valence-corrected chi connectivity index (χ3v) is 3.33. The van der Waals surface area contributed by atoms with E-state index >= 15 is 0 Å². The molecule has 5 heteroatoms. The van der Waals surface area contributed by atoms with Crippen LogP contribution in [0.2, 0.25) is 0 Å². The fourth-order valence-electron chi connectivity index (χ4n) is 2.04. The van der Waals surface area contributed by atoms with Crippen LogP contribution in [-0.2, 0) is 11.3 Å². The van der Waals surface area contributed by atoms with Crippen LogP contribution in [0.3, 0.4) is 0 Å². The Morgan fingerprint density at radius 2 is 2.00 bits per heavy atom. The summed E-state index contributed by atoms with van der Waals surface area (Å²) in [4.78, 5) is 12.7. The summed E-state index contributed by atoms with van der Waals surface area (Å²) in [5.41, 5.74) is 2.95. The largest absolute Gasteiger partial charge is 0.480 e. The minimum Gasteiger partial charge on any atom is -0.480 e. The molecule has 0 saturated heterocycles.